The molecule has 1 N–H and O–H groups in total. The zero-order chi connectivity index (χ0) is 73.3. The van der Waals surface area contributed by atoms with Gasteiger partial charge in [-0.05, 0) is 57.8 Å². The fourth-order valence-corrected chi connectivity index (χ4v) is 14.3. The Morgan fingerprint density at radius 2 is 0.564 bits per heavy atom. The number of ether oxygens (including phenoxy) is 2. The van der Waals surface area contributed by atoms with Crippen molar-refractivity contribution in [1.29, 1.82) is 0 Å². The van der Waals surface area contributed by atoms with Crippen LogP contribution in [0.2, 0.25) is 0 Å². The van der Waals surface area contributed by atoms with Crippen LogP contribution in [-0.2, 0) is 32.7 Å². The standard InChI is InChI=1S/C91H172NO8P/c1-6-8-10-12-14-16-18-20-22-24-26-28-30-32-34-36-38-40-42-44-46-48-50-52-54-56-58-60-62-64-66-68-70-72-74-76-78-80-82-84-91(94)100-89(88-99-101(95,96)98-86-85-92(3,4)5)87-97-90(93)83-81-79-77-75-73-71-69-67-65-63-61-59-57-55-53-51-49-47-45-43-41-39-37-35-33-31-29-27-25-23-21-19-17-15-13-11-9-7-2/h8,10,14,16,20,22,26,28,32,34,89H,6-7,9,11-13,15,17-19,21,23-25,27,29-31,33,35-88H2,1-5H3/p+1/b10-8-,16-14-,22-20-,28-26-,34-32-. The molecule has 0 spiro atoms. The lowest BCUT2D eigenvalue weighted by molar-refractivity contribution is -0.870. The van der Waals surface area contributed by atoms with Crippen LogP contribution in [-0.4, -0.2) is 74.9 Å². The van der Waals surface area contributed by atoms with Crippen molar-refractivity contribution in [1.82, 2.24) is 0 Å². The van der Waals surface area contributed by atoms with Gasteiger partial charge in [-0.15, -0.1) is 0 Å². The molecule has 0 aliphatic heterocycles. The minimum Gasteiger partial charge on any atom is -0.462 e. The Labute approximate surface area is 629 Å². The number of hydrogen-bond acceptors (Lipinski definition) is 7. The summed E-state index contributed by atoms with van der Waals surface area (Å²) in [5, 5.41) is 0. The number of phosphoric acid groups is 1. The smallest absolute Gasteiger partial charge is 0.462 e. The number of hydrogen-bond donors (Lipinski definition) is 1. The number of nitrogens with zero attached hydrogens (tertiary/aromatic N) is 1. The van der Waals surface area contributed by atoms with Gasteiger partial charge in [-0.1, -0.05) is 447 Å². The number of likely N-dealkylation sites (N-methyl/N-ethyl adjacent to an activating group) is 1. The van der Waals surface area contributed by atoms with Crippen LogP contribution in [0.25, 0.3) is 0 Å². The molecule has 0 bridgehead atoms. The number of rotatable bonds is 84. The van der Waals surface area contributed by atoms with E-state index in [9.17, 15) is 19.0 Å². The zero-order valence-corrected chi connectivity index (χ0v) is 69.1. The van der Waals surface area contributed by atoms with Crippen LogP contribution in [0, 0.1) is 0 Å². The van der Waals surface area contributed by atoms with Crippen LogP contribution in [0.1, 0.15) is 457 Å². The van der Waals surface area contributed by atoms with Gasteiger partial charge in [-0.3, -0.25) is 18.6 Å². The van der Waals surface area contributed by atoms with Gasteiger partial charge in [0.25, 0.3) is 0 Å². The fraction of sp³-hybridized carbons (Fsp3) is 0.868. The molecule has 0 fully saturated rings. The molecule has 0 aromatic carbocycles. The van der Waals surface area contributed by atoms with Crippen molar-refractivity contribution in [3.05, 3.63) is 60.8 Å². The largest absolute Gasteiger partial charge is 0.472 e. The number of carbonyl (C=O) groups excluding carboxylic acids is 2. The first kappa shape index (κ1) is 98.7. The van der Waals surface area contributed by atoms with Gasteiger partial charge >= 0.3 is 19.8 Å². The Morgan fingerprint density at radius 3 is 0.842 bits per heavy atom. The van der Waals surface area contributed by atoms with Crippen molar-refractivity contribution in [2.45, 2.75) is 463 Å². The van der Waals surface area contributed by atoms with Gasteiger partial charge in [-0.25, -0.2) is 4.57 Å². The maximum atomic E-state index is 12.9. The maximum absolute atomic E-state index is 12.9. The maximum Gasteiger partial charge on any atom is 0.472 e. The number of quaternary nitrogens is 1. The molecule has 0 aromatic heterocycles. The lowest BCUT2D eigenvalue weighted by atomic mass is 10.0. The molecule has 101 heavy (non-hydrogen) atoms. The van der Waals surface area contributed by atoms with Gasteiger partial charge in [0.05, 0.1) is 27.7 Å². The Balaban J connectivity index is 3.85. The summed E-state index contributed by atoms with van der Waals surface area (Å²) >= 11 is 0. The second kappa shape index (κ2) is 81.8. The number of unbranched alkanes of at least 4 members (excludes halogenated alkanes) is 60. The summed E-state index contributed by atoms with van der Waals surface area (Å²) in [5.74, 6) is -0.769. The van der Waals surface area contributed by atoms with Gasteiger partial charge in [0.15, 0.2) is 6.10 Å². The second-order valence-corrected chi connectivity index (χ2v) is 33.1. The molecule has 10 heteroatoms. The molecule has 0 amide bonds. The molecule has 594 valence electrons. The minimum atomic E-state index is -4.40. The molecule has 2 unspecified atom stereocenters. The van der Waals surface area contributed by atoms with Crippen molar-refractivity contribution in [3.8, 4) is 0 Å². The highest BCUT2D eigenvalue weighted by atomic mass is 31.2. The average Bonchev–Trinajstić information content (AvgIpc) is 0.973. The van der Waals surface area contributed by atoms with E-state index in [0.29, 0.717) is 23.9 Å². The summed E-state index contributed by atoms with van der Waals surface area (Å²) < 4.78 is 34.9. The molecule has 0 saturated heterocycles. The quantitative estimate of drug-likeness (QED) is 0.0211. The van der Waals surface area contributed by atoms with Crippen LogP contribution in [0.3, 0.4) is 0 Å². The third kappa shape index (κ3) is 86.5. The SMILES string of the molecule is CC/C=C\C/C=C\C/C=C\C/C=C\C/C=C\CCCCCCCCCCCCCCCCCCCCCCCCCC(=O)OC(COC(=O)CCCCCCCCCCCCCCCCCCCCCCCCCCCCCCCCCCCCCCCC)COP(=O)(O)OCC[N+](C)(C)C. The first-order chi connectivity index (χ1) is 49.5. The molecule has 9 nitrogen and oxygen atoms in total. The Morgan fingerprint density at radius 1 is 0.317 bits per heavy atom. The van der Waals surface area contributed by atoms with Crippen LogP contribution in [0.5, 0.6) is 0 Å². The molecule has 0 heterocycles. The highest BCUT2D eigenvalue weighted by Crippen LogP contribution is 2.43. The van der Waals surface area contributed by atoms with Crippen molar-refractivity contribution in [2.24, 2.45) is 0 Å². The van der Waals surface area contributed by atoms with Gasteiger partial charge < -0.3 is 18.9 Å². The highest BCUT2D eigenvalue weighted by molar-refractivity contribution is 7.47. The molecule has 0 rings (SSSR count). The molecular weight excluding hydrogens is 1270 g/mol. The fourth-order valence-electron chi connectivity index (χ4n) is 13.6. The molecule has 0 saturated carbocycles. The predicted molar refractivity (Wildman–Crippen MR) is 441 cm³/mol. The summed E-state index contributed by atoms with van der Waals surface area (Å²) in [5.41, 5.74) is 0. The van der Waals surface area contributed by atoms with Crippen molar-refractivity contribution >= 4 is 19.8 Å². The first-order valence-electron chi connectivity index (χ1n) is 44.5. The van der Waals surface area contributed by atoms with E-state index in [1.165, 1.54) is 360 Å². The Hall–Kier alpha value is -2.29. The normalized spacial score (nSPS) is 13.2. The van der Waals surface area contributed by atoms with E-state index in [2.05, 4.69) is 74.6 Å². The number of carbonyl (C=O) groups is 2. The lowest BCUT2D eigenvalue weighted by Gasteiger charge is -2.24. The molecule has 0 aliphatic carbocycles. The van der Waals surface area contributed by atoms with Crippen LogP contribution in [0.4, 0.5) is 0 Å². The Bertz CT molecular complexity index is 1890. The van der Waals surface area contributed by atoms with Gasteiger partial charge in [0.1, 0.15) is 19.8 Å². The van der Waals surface area contributed by atoms with E-state index in [-0.39, 0.29) is 25.6 Å². The number of allylic oxidation sites excluding steroid dienone is 10. The van der Waals surface area contributed by atoms with Crippen molar-refractivity contribution in [3.63, 3.8) is 0 Å². The lowest BCUT2D eigenvalue weighted by Crippen LogP contribution is -2.37. The van der Waals surface area contributed by atoms with Gasteiger partial charge in [0, 0.05) is 12.8 Å². The zero-order valence-electron chi connectivity index (χ0n) is 68.2. The van der Waals surface area contributed by atoms with E-state index >= 15 is 0 Å². The second-order valence-electron chi connectivity index (χ2n) is 31.6. The van der Waals surface area contributed by atoms with Gasteiger partial charge in [0.2, 0.25) is 0 Å². The predicted octanol–water partition coefficient (Wildman–Crippen LogP) is 30.0. The van der Waals surface area contributed by atoms with E-state index < -0.39 is 26.5 Å². The molecule has 2 atom stereocenters. The highest BCUT2D eigenvalue weighted by Gasteiger charge is 2.27. The van der Waals surface area contributed by atoms with E-state index in [4.69, 9.17) is 18.5 Å². The Kier molecular flexibility index (Phi) is 79.9. The van der Waals surface area contributed by atoms with E-state index in [1.54, 1.807) is 0 Å². The minimum absolute atomic E-state index is 0.0348. The topological polar surface area (TPSA) is 108 Å². The van der Waals surface area contributed by atoms with Crippen molar-refractivity contribution < 1.29 is 42.1 Å². The molecular formula is C91H173NO8P+. The summed E-state index contributed by atoms with van der Waals surface area (Å²) in [6, 6.07) is 0. The van der Waals surface area contributed by atoms with Gasteiger partial charge in [-0.2, -0.15) is 0 Å². The third-order valence-electron chi connectivity index (χ3n) is 20.3. The molecule has 0 aromatic rings. The number of esters is 2. The third-order valence-corrected chi connectivity index (χ3v) is 21.3. The van der Waals surface area contributed by atoms with E-state index in [1.807, 2.05) is 21.1 Å². The van der Waals surface area contributed by atoms with Crippen LogP contribution >= 0.6 is 7.82 Å². The monoisotopic (exact) mass is 1440 g/mol. The average molecular weight is 1440 g/mol. The molecule has 0 aliphatic rings. The summed E-state index contributed by atoms with van der Waals surface area (Å²) in [7, 11) is 1.50. The first-order valence-corrected chi connectivity index (χ1v) is 46.0. The molecule has 0 radical (unpaired) electrons. The van der Waals surface area contributed by atoms with Crippen LogP contribution < -0.4 is 0 Å². The number of phosphoric ester groups is 1. The van der Waals surface area contributed by atoms with Crippen LogP contribution in [0.15, 0.2) is 60.8 Å². The summed E-state index contributed by atoms with van der Waals surface area (Å²) in [6.07, 6.45) is 111. The summed E-state index contributed by atoms with van der Waals surface area (Å²) in [6.45, 7) is 4.41. The van der Waals surface area contributed by atoms with E-state index in [0.717, 1.165) is 64.2 Å². The summed E-state index contributed by atoms with van der Waals surface area (Å²) in [4.78, 5) is 36.1. The van der Waals surface area contributed by atoms with Crippen molar-refractivity contribution in [2.75, 3.05) is 47.5 Å².